The van der Waals surface area contributed by atoms with Gasteiger partial charge < -0.3 is 0 Å². The molecule has 1 nitrogen and oxygen atoms in total. The molecule has 0 unspecified atom stereocenters. The first-order chi connectivity index (χ1) is 8.74. The van der Waals surface area contributed by atoms with Crippen LogP contribution >= 0.6 is 11.6 Å². The number of halogens is 1. The number of rotatable bonds is 2. The maximum absolute atomic E-state index is 12.3. The third-order valence-corrected chi connectivity index (χ3v) is 3.73. The highest BCUT2D eigenvalue weighted by atomic mass is 35.5. The number of carbonyl (C=O) groups excluding carboxylic acids is 1. The molecule has 0 aliphatic heterocycles. The minimum Gasteiger partial charge on any atom is -0.294 e. The van der Waals surface area contributed by atoms with Crippen LogP contribution in [0.1, 0.15) is 21.5 Å². The molecule has 0 aromatic heterocycles. The predicted molar refractivity (Wildman–Crippen MR) is 73.1 cm³/mol. The van der Waals surface area contributed by atoms with Crippen molar-refractivity contribution < 1.29 is 4.79 Å². The fraction of sp³-hybridized carbons (Fsp3) is 0.188. The lowest BCUT2D eigenvalue weighted by atomic mass is 9.96. The van der Waals surface area contributed by atoms with Gasteiger partial charge in [0.05, 0.1) is 0 Å². The summed E-state index contributed by atoms with van der Waals surface area (Å²) in [5.74, 6) is 0.303. The second kappa shape index (κ2) is 4.58. The zero-order valence-electron chi connectivity index (χ0n) is 9.90. The van der Waals surface area contributed by atoms with Gasteiger partial charge >= 0.3 is 0 Å². The summed E-state index contributed by atoms with van der Waals surface area (Å²) in [5.41, 5.74) is 3.16. The molecular formula is C16H13ClO. The van der Waals surface area contributed by atoms with Gasteiger partial charge in [-0.25, -0.2) is 0 Å². The van der Waals surface area contributed by atoms with E-state index in [1.54, 1.807) is 6.07 Å². The number of Topliss-reactive ketones (excluding diaryl/α,β-unsaturated/α-hetero) is 1. The lowest BCUT2D eigenvalue weighted by molar-refractivity contribution is 0.0936. The number of hydrogen-bond donors (Lipinski definition) is 0. The second-order valence-electron chi connectivity index (χ2n) is 4.76. The van der Waals surface area contributed by atoms with Gasteiger partial charge in [-0.3, -0.25) is 4.79 Å². The third-order valence-electron chi connectivity index (χ3n) is 3.50. The van der Waals surface area contributed by atoms with Gasteiger partial charge in [0.15, 0.2) is 5.78 Å². The zero-order valence-corrected chi connectivity index (χ0v) is 10.7. The standard InChI is InChI=1S/C16H13ClO/c17-14-7-6-12-9-13(16(18)15(12)10-14)8-11-4-2-1-3-5-11/h1-7,10,13H,8-9H2/t13-/m0/s1. The van der Waals surface area contributed by atoms with Crippen molar-refractivity contribution in [2.24, 2.45) is 5.92 Å². The van der Waals surface area contributed by atoms with Crippen molar-refractivity contribution in [3.8, 4) is 0 Å². The summed E-state index contributed by atoms with van der Waals surface area (Å²) in [6.07, 6.45) is 1.65. The fourth-order valence-electron chi connectivity index (χ4n) is 2.60. The number of hydrogen-bond acceptors (Lipinski definition) is 1. The lowest BCUT2D eigenvalue weighted by Gasteiger charge is -2.07. The van der Waals surface area contributed by atoms with Crippen molar-refractivity contribution >= 4 is 17.4 Å². The fourth-order valence-corrected chi connectivity index (χ4v) is 2.77. The van der Waals surface area contributed by atoms with Gasteiger partial charge in [-0.05, 0) is 36.1 Å². The number of benzene rings is 2. The molecule has 0 radical (unpaired) electrons. The van der Waals surface area contributed by atoms with E-state index in [1.807, 2.05) is 30.3 Å². The van der Waals surface area contributed by atoms with Crippen LogP contribution in [0.15, 0.2) is 48.5 Å². The van der Waals surface area contributed by atoms with Gasteiger partial charge in [0.1, 0.15) is 0 Å². The molecule has 1 aliphatic rings. The average Bonchev–Trinajstić information content (AvgIpc) is 2.68. The van der Waals surface area contributed by atoms with Crippen molar-refractivity contribution in [2.45, 2.75) is 12.8 Å². The van der Waals surface area contributed by atoms with E-state index in [0.717, 1.165) is 24.0 Å². The van der Waals surface area contributed by atoms with E-state index in [9.17, 15) is 4.79 Å². The first-order valence-corrected chi connectivity index (χ1v) is 6.48. The van der Waals surface area contributed by atoms with E-state index in [-0.39, 0.29) is 11.7 Å². The van der Waals surface area contributed by atoms with Crippen LogP contribution in [0, 0.1) is 5.92 Å². The van der Waals surface area contributed by atoms with Crippen molar-refractivity contribution in [2.75, 3.05) is 0 Å². The van der Waals surface area contributed by atoms with E-state index in [0.29, 0.717) is 5.02 Å². The number of ketones is 1. The summed E-state index contributed by atoms with van der Waals surface area (Å²) < 4.78 is 0. The molecule has 1 atom stereocenters. The molecular weight excluding hydrogens is 244 g/mol. The normalized spacial score (nSPS) is 17.8. The molecule has 2 aromatic carbocycles. The monoisotopic (exact) mass is 256 g/mol. The van der Waals surface area contributed by atoms with Gasteiger partial charge in [-0.1, -0.05) is 48.0 Å². The number of fused-ring (bicyclic) bond motifs is 1. The Morgan fingerprint density at radius 3 is 2.67 bits per heavy atom. The molecule has 0 fully saturated rings. The van der Waals surface area contributed by atoms with E-state index in [1.165, 1.54) is 5.56 Å². The average molecular weight is 257 g/mol. The highest BCUT2D eigenvalue weighted by molar-refractivity contribution is 6.31. The Bertz CT molecular complexity index is 589. The first-order valence-electron chi connectivity index (χ1n) is 6.10. The van der Waals surface area contributed by atoms with Crippen LogP contribution in [0.4, 0.5) is 0 Å². The van der Waals surface area contributed by atoms with Crippen LogP contribution in [0.25, 0.3) is 0 Å². The Morgan fingerprint density at radius 2 is 1.89 bits per heavy atom. The van der Waals surface area contributed by atoms with Gasteiger partial charge in [0, 0.05) is 16.5 Å². The molecule has 1 aliphatic carbocycles. The number of carbonyl (C=O) groups is 1. The Kier molecular flexibility index (Phi) is 2.92. The van der Waals surface area contributed by atoms with E-state index >= 15 is 0 Å². The Hall–Kier alpha value is -1.60. The molecule has 0 spiro atoms. The van der Waals surface area contributed by atoms with Crippen LogP contribution < -0.4 is 0 Å². The topological polar surface area (TPSA) is 17.1 Å². The summed E-state index contributed by atoms with van der Waals surface area (Å²) in [7, 11) is 0. The molecule has 2 heteroatoms. The summed E-state index contributed by atoms with van der Waals surface area (Å²) in [6, 6.07) is 15.8. The van der Waals surface area contributed by atoms with Crippen molar-refractivity contribution in [1.29, 1.82) is 0 Å². The molecule has 18 heavy (non-hydrogen) atoms. The SMILES string of the molecule is O=C1c2cc(Cl)ccc2C[C@@H]1Cc1ccccc1. The summed E-state index contributed by atoms with van der Waals surface area (Å²) >= 11 is 5.94. The van der Waals surface area contributed by atoms with Crippen molar-refractivity contribution in [3.63, 3.8) is 0 Å². The third kappa shape index (κ3) is 2.06. The highest BCUT2D eigenvalue weighted by Gasteiger charge is 2.30. The molecule has 0 saturated heterocycles. The van der Waals surface area contributed by atoms with Crippen LogP contribution in [-0.4, -0.2) is 5.78 Å². The lowest BCUT2D eigenvalue weighted by Crippen LogP contribution is -2.12. The second-order valence-corrected chi connectivity index (χ2v) is 5.19. The quantitative estimate of drug-likeness (QED) is 0.796. The largest absolute Gasteiger partial charge is 0.294 e. The summed E-state index contributed by atoms with van der Waals surface area (Å²) in [4.78, 5) is 12.3. The molecule has 90 valence electrons. The smallest absolute Gasteiger partial charge is 0.166 e. The maximum atomic E-state index is 12.3. The molecule has 0 amide bonds. The van der Waals surface area contributed by atoms with Gasteiger partial charge in [0.2, 0.25) is 0 Å². The van der Waals surface area contributed by atoms with E-state index < -0.39 is 0 Å². The van der Waals surface area contributed by atoms with E-state index in [2.05, 4.69) is 12.1 Å². The van der Waals surface area contributed by atoms with Crippen LogP contribution in [0.2, 0.25) is 5.02 Å². The molecule has 0 saturated carbocycles. The van der Waals surface area contributed by atoms with Crippen molar-refractivity contribution in [3.05, 3.63) is 70.2 Å². The minimum atomic E-state index is 0.0702. The summed E-state index contributed by atoms with van der Waals surface area (Å²) in [6.45, 7) is 0. The zero-order chi connectivity index (χ0) is 12.5. The minimum absolute atomic E-state index is 0.0702. The molecule has 0 N–H and O–H groups in total. The van der Waals surface area contributed by atoms with Crippen LogP contribution in [-0.2, 0) is 12.8 Å². The molecule has 3 rings (SSSR count). The first kappa shape index (κ1) is 11.5. The highest BCUT2D eigenvalue weighted by Crippen LogP contribution is 2.30. The Morgan fingerprint density at radius 1 is 1.11 bits per heavy atom. The molecule has 0 bridgehead atoms. The maximum Gasteiger partial charge on any atom is 0.166 e. The van der Waals surface area contributed by atoms with Crippen molar-refractivity contribution in [1.82, 2.24) is 0 Å². The van der Waals surface area contributed by atoms with Crippen LogP contribution in [0.3, 0.4) is 0 Å². The summed E-state index contributed by atoms with van der Waals surface area (Å²) in [5, 5.41) is 0.641. The van der Waals surface area contributed by atoms with Gasteiger partial charge in [-0.2, -0.15) is 0 Å². The van der Waals surface area contributed by atoms with Crippen LogP contribution in [0.5, 0.6) is 0 Å². The van der Waals surface area contributed by atoms with Gasteiger partial charge in [0.25, 0.3) is 0 Å². The molecule has 2 aromatic rings. The molecule has 0 heterocycles. The Labute approximate surface area is 111 Å². The Balaban J connectivity index is 1.85. The van der Waals surface area contributed by atoms with Gasteiger partial charge in [-0.15, -0.1) is 0 Å². The predicted octanol–water partition coefficient (Wildman–Crippen LogP) is 3.94. The van der Waals surface area contributed by atoms with E-state index in [4.69, 9.17) is 11.6 Å².